The first-order chi connectivity index (χ1) is 7.74. The summed E-state index contributed by atoms with van der Waals surface area (Å²) in [6.45, 7) is 4.93. The number of amides is 1. The largest absolute Gasteiger partial charge is 0.323 e. The van der Waals surface area contributed by atoms with E-state index in [1.165, 1.54) is 32.1 Å². The summed E-state index contributed by atoms with van der Waals surface area (Å²) in [5.74, 6) is 1.02. The van der Waals surface area contributed by atoms with Gasteiger partial charge >= 0.3 is 0 Å². The van der Waals surface area contributed by atoms with E-state index in [0.29, 0.717) is 18.5 Å². The number of hydrogen-bond acceptors (Lipinski definition) is 2. The van der Waals surface area contributed by atoms with Crippen LogP contribution in [0.2, 0.25) is 0 Å². The third-order valence-corrected chi connectivity index (χ3v) is 4.27. The fourth-order valence-electron chi connectivity index (χ4n) is 3.26. The first kappa shape index (κ1) is 11.9. The smallest absolute Gasteiger partial charge is 0.238 e. The van der Waals surface area contributed by atoms with E-state index in [4.69, 9.17) is 0 Å². The van der Waals surface area contributed by atoms with Crippen LogP contribution in [-0.4, -0.2) is 29.6 Å². The predicted molar refractivity (Wildman–Crippen MR) is 65.0 cm³/mol. The van der Waals surface area contributed by atoms with Gasteiger partial charge in [0, 0.05) is 6.04 Å². The van der Waals surface area contributed by atoms with E-state index >= 15 is 0 Å². The van der Waals surface area contributed by atoms with Gasteiger partial charge in [-0.15, -0.1) is 0 Å². The molecule has 0 aromatic heterocycles. The zero-order valence-electron chi connectivity index (χ0n) is 10.5. The van der Waals surface area contributed by atoms with E-state index in [1.54, 1.807) is 0 Å². The second kappa shape index (κ2) is 5.17. The lowest BCUT2D eigenvalue weighted by Crippen LogP contribution is -2.46. The lowest BCUT2D eigenvalue weighted by Gasteiger charge is -2.37. The van der Waals surface area contributed by atoms with Crippen molar-refractivity contribution in [3.8, 4) is 0 Å². The molecule has 1 amide bonds. The summed E-state index contributed by atoms with van der Waals surface area (Å²) in [6.07, 6.45) is 7.99. The maximum Gasteiger partial charge on any atom is 0.238 e. The lowest BCUT2D eigenvalue weighted by atomic mass is 9.84. The van der Waals surface area contributed by atoms with Gasteiger partial charge < -0.3 is 4.90 Å². The summed E-state index contributed by atoms with van der Waals surface area (Å²) in [6, 6.07) is 0.424. The highest BCUT2D eigenvalue weighted by Gasteiger charge is 2.36. The molecule has 0 bridgehead atoms. The molecule has 1 aliphatic heterocycles. The highest BCUT2D eigenvalue weighted by Crippen LogP contribution is 2.30. The minimum atomic E-state index is 0.282. The highest BCUT2D eigenvalue weighted by atomic mass is 16.2. The van der Waals surface area contributed by atoms with Crippen LogP contribution < -0.4 is 5.32 Å². The summed E-state index contributed by atoms with van der Waals surface area (Å²) in [5.41, 5.74) is 0. The minimum Gasteiger partial charge on any atom is -0.323 e. The topological polar surface area (TPSA) is 32.3 Å². The van der Waals surface area contributed by atoms with Crippen LogP contribution in [-0.2, 0) is 4.79 Å². The van der Waals surface area contributed by atoms with Crippen LogP contribution in [0.1, 0.15) is 52.4 Å². The number of nitrogens with one attached hydrogen (secondary N) is 1. The normalized spacial score (nSPS) is 29.8. The van der Waals surface area contributed by atoms with Crippen LogP contribution in [0.5, 0.6) is 0 Å². The zero-order valence-corrected chi connectivity index (χ0v) is 10.5. The van der Waals surface area contributed by atoms with E-state index in [1.807, 2.05) is 0 Å². The van der Waals surface area contributed by atoms with Crippen LogP contribution in [0.15, 0.2) is 0 Å². The van der Waals surface area contributed by atoms with Crippen molar-refractivity contribution in [2.24, 2.45) is 5.92 Å². The molecule has 1 heterocycles. The van der Waals surface area contributed by atoms with Crippen molar-refractivity contribution in [2.45, 2.75) is 64.6 Å². The standard InChI is InChI=1S/C13H24N2O/c1-3-12-14-9-13(16)15(12)10(2)11-7-5-4-6-8-11/h10-12,14H,3-9H2,1-2H3. The third kappa shape index (κ3) is 2.24. The van der Waals surface area contributed by atoms with Gasteiger partial charge in [0.15, 0.2) is 0 Å². The van der Waals surface area contributed by atoms with Gasteiger partial charge in [-0.3, -0.25) is 10.1 Å². The van der Waals surface area contributed by atoms with E-state index in [9.17, 15) is 4.79 Å². The molecule has 2 fully saturated rings. The van der Waals surface area contributed by atoms with Crippen LogP contribution in [0.25, 0.3) is 0 Å². The second-order valence-corrected chi connectivity index (χ2v) is 5.24. The van der Waals surface area contributed by atoms with Crippen molar-refractivity contribution in [1.82, 2.24) is 10.2 Å². The molecule has 1 saturated carbocycles. The number of hydrogen-bond donors (Lipinski definition) is 1. The van der Waals surface area contributed by atoms with E-state index in [2.05, 4.69) is 24.1 Å². The van der Waals surface area contributed by atoms with E-state index < -0.39 is 0 Å². The predicted octanol–water partition coefficient (Wildman–Crippen LogP) is 2.12. The number of carbonyl (C=O) groups excluding carboxylic acids is 1. The van der Waals surface area contributed by atoms with Gasteiger partial charge in [0.25, 0.3) is 0 Å². The Hall–Kier alpha value is -0.570. The average Bonchev–Trinajstić information content (AvgIpc) is 2.70. The van der Waals surface area contributed by atoms with E-state index in [-0.39, 0.29) is 6.17 Å². The average molecular weight is 224 g/mol. The molecular weight excluding hydrogens is 200 g/mol. The fraction of sp³-hybridized carbons (Fsp3) is 0.923. The summed E-state index contributed by atoms with van der Waals surface area (Å²) < 4.78 is 0. The van der Waals surface area contributed by atoms with Crippen LogP contribution in [0.3, 0.4) is 0 Å². The van der Waals surface area contributed by atoms with Gasteiger partial charge in [0.2, 0.25) is 5.91 Å². The molecular formula is C13H24N2O. The second-order valence-electron chi connectivity index (χ2n) is 5.24. The monoisotopic (exact) mass is 224 g/mol. The quantitative estimate of drug-likeness (QED) is 0.796. The fourth-order valence-corrected chi connectivity index (χ4v) is 3.26. The SMILES string of the molecule is CCC1NCC(=O)N1C(C)C1CCCCC1. The summed E-state index contributed by atoms with van der Waals surface area (Å²) in [5, 5.41) is 3.30. The number of rotatable bonds is 3. The Bertz CT molecular complexity index is 248. The summed E-state index contributed by atoms with van der Waals surface area (Å²) in [7, 11) is 0. The van der Waals surface area contributed by atoms with Crippen molar-refractivity contribution in [1.29, 1.82) is 0 Å². The van der Waals surface area contributed by atoms with Gasteiger partial charge in [0.1, 0.15) is 0 Å². The number of carbonyl (C=O) groups is 1. The summed E-state index contributed by atoms with van der Waals surface area (Å²) >= 11 is 0. The molecule has 92 valence electrons. The Balaban J connectivity index is 2.00. The molecule has 2 aliphatic rings. The van der Waals surface area contributed by atoms with Crippen molar-refractivity contribution >= 4 is 5.91 Å². The van der Waals surface area contributed by atoms with Crippen molar-refractivity contribution < 1.29 is 4.79 Å². The molecule has 2 rings (SSSR count). The molecule has 3 heteroatoms. The van der Waals surface area contributed by atoms with Gasteiger partial charge in [0.05, 0.1) is 12.7 Å². The van der Waals surface area contributed by atoms with Gasteiger partial charge in [-0.2, -0.15) is 0 Å². The zero-order chi connectivity index (χ0) is 11.5. The third-order valence-electron chi connectivity index (χ3n) is 4.27. The molecule has 3 nitrogen and oxygen atoms in total. The number of nitrogens with zero attached hydrogens (tertiary/aromatic N) is 1. The van der Waals surface area contributed by atoms with Crippen molar-refractivity contribution in [3.63, 3.8) is 0 Å². The molecule has 0 spiro atoms. The molecule has 2 atom stereocenters. The van der Waals surface area contributed by atoms with Crippen LogP contribution in [0, 0.1) is 5.92 Å². The van der Waals surface area contributed by atoms with Crippen LogP contribution in [0.4, 0.5) is 0 Å². The van der Waals surface area contributed by atoms with Crippen LogP contribution >= 0.6 is 0 Å². The Morgan fingerprint density at radius 3 is 2.69 bits per heavy atom. The highest BCUT2D eigenvalue weighted by molar-refractivity contribution is 5.81. The molecule has 16 heavy (non-hydrogen) atoms. The van der Waals surface area contributed by atoms with Gasteiger partial charge in [-0.25, -0.2) is 0 Å². The molecule has 1 N–H and O–H groups in total. The Kier molecular flexibility index (Phi) is 3.85. The molecule has 0 aromatic rings. The molecule has 2 unspecified atom stereocenters. The minimum absolute atomic E-state index is 0.282. The maximum absolute atomic E-state index is 11.9. The maximum atomic E-state index is 11.9. The van der Waals surface area contributed by atoms with Crippen molar-refractivity contribution in [2.75, 3.05) is 6.54 Å². The summed E-state index contributed by atoms with van der Waals surface area (Å²) in [4.78, 5) is 14.0. The Labute approximate surface area is 98.6 Å². The van der Waals surface area contributed by atoms with Crippen molar-refractivity contribution in [3.05, 3.63) is 0 Å². The molecule has 0 radical (unpaired) electrons. The Morgan fingerprint density at radius 2 is 2.06 bits per heavy atom. The molecule has 1 saturated heterocycles. The Morgan fingerprint density at radius 1 is 1.38 bits per heavy atom. The van der Waals surface area contributed by atoms with E-state index in [0.717, 1.165) is 12.3 Å². The first-order valence-corrected chi connectivity index (χ1v) is 6.78. The molecule has 1 aliphatic carbocycles. The first-order valence-electron chi connectivity index (χ1n) is 6.78. The molecule has 0 aromatic carbocycles. The van der Waals surface area contributed by atoms with Gasteiger partial charge in [-0.05, 0) is 32.1 Å². The van der Waals surface area contributed by atoms with Gasteiger partial charge in [-0.1, -0.05) is 26.2 Å². The lowest BCUT2D eigenvalue weighted by molar-refractivity contribution is -0.131.